The van der Waals surface area contributed by atoms with Crippen molar-refractivity contribution in [1.82, 2.24) is 0 Å². The van der Waals surface area contributed by atoms with E-state index in [1.54, 1.807) is 42.5 Å². The Balaban J connectivity index is 2.09. The van der Waals surface area contributed by atoms with Gasteiger partial charge in [-0.2, -0.15) is 0 Å². The summed E-state index contributed by atoms with van der Waals surface area (Å²) < 4.78 is 25.6. The summed E-state index contributed by atoms with van der Waals surface area (Å²) in [6.07, 6.45) is 0. The van der Waals surface area contributed by atoms with E-state index in [2.05, 4.69) is 0 Å². The first-order valence-corrected chi connectivity index (χ1v) is 8.78. The molecule has 2 aromatic carbocycles. The SMILES string of the molecule is N[C@]1(C(=O)O)[C@H](c2cccc(Cl)c2)[C@H]1S(=O)(=O)c1ccccc1. The first-order chi connectivity index (χ1) is 10.8. The first kappa shape index (κ1) is 16.0. The van der Waals surface area contributed by atoms with E-state index in [-0.39, 0.29) is 4.90 Å². The van der Waals surface area contributed by atoms with Gasteiger partial charge in [0.05, 0.1) is 4.90 Å². The molecule has 0 aromatic heterocycles. The van der Waals surface area contributed by atoms with Crippen LogP contribution in [0.4, 0.5) is 0 Å². The Bertz CT molecular complexity index is 869. The number of aliphatic carboxylic acids is 1. The second-order valence-corrected chi connectivity index (χ2v) is 8.06. The summed E-state index contributed by atoms with van der Waals surface area (Å²) in [5, 5.41) is 8.64. The van der Waals surface area contributed by atoms with Crippen LogP contribution in [0.5, 0.6) is 0 Å². The van der Waals surface area contributed by atoms with E-state index in [0.717, 1.165) is 0 Å². The number of benzene rings is 2. The number of hydrogen-bond acceptors (Lipinski definition) is 4. The molecule has 0 unspecified atom stereocenters. The summed E-state index contributed by atoms with van der Waals surface area (Å²) in [5.74, 6) is -2.18. The van der Waals surface area contributed by atoms with Crippen LogP contribution in [-0.2, 0) is 14.6 Å². The lowest BCUT2D eigenvalue weighted by Gasteiger charge is -2.06. The first-order valence-electron chi connectivity index (χ1n) is 6.86. The number of nitrogens with two attached hydrogens (primary N) is 1. The molecule has 120 valence electrons. The van der Waals surface area contributed by atoms with Crippen LogP contribution in [0.1, 0.15) is 11.5 Å². The zero-order valence-corrected chi connectivity index (χ0v) is 13.5. The van der Waals surface area contributed by atoms with Gasteiger partial charge in [-0.25, -0.2) is 8.42 Å². The molecule has 3 rings (SSSR count). The van der Waals surface area contributed by atoms with Crippen LogP contribution in [0.3, 0.4) is 0 Å². The standard InChI is InChI=1S/C16H14ClNO4S/c17-11-6-4-5-10(9-11)13-14(16(13,18)15(19)20)23(21,22)12-7-2-1-3-8-12/h1-9,13-14H,18H2,(H,19,20)/t13-,14-,16-/m1/s1. The Kier molecular flexibility index (Phi) is 3.71. The lowest BCUT2D eigenvalue weighted by atomic mass is 10.1. The summed E-state index contributed by atoms with van der Waals surface area (Å²) in [4.78, 5) is 11.7. The van der Waals surface area contributed by atoms with E-state index in [0.29, 0.717) is 10.6 Å². The number of carbonyl (C=O) groups is 1. The van der Waals surface area contributed by atoms with Crippen molar-refractivity contribution in [2.75, 3.05) is 0 Å². The molecule has 5 nitrogen and oxygen atoms in total. The van der Waals surface area contributed by atoms with Gasteiger partial charge in [0.15, 0.2) is 9.84 Å². The van der Waals surface area contributed by atoms with Gasteiger partial charge < -0.3 is 10.8 Å². The Hall–Kier alpha value is -1.89. The topological polar surface area (TPSA) is 97.5 Å². The number of rotatable bonds is 4. The average Bonchev–Trinajstić information content (AvgIpc) is 3.17. The molecule has 3 atom stereocenters. The highest BCUT2D eigenvalue weighted by molar-refractivity contribution is 7.92. The molecule has 1 aliphatic rings. The van der Waals surface area contributed by atoms with Crippen molar-refractivity contribution in [2.45, 2.75) is 21.6 Å². The van der Waals surface area contributed by atoms with Crippen molar-refractivity contribution >= 4 is 27.4 Å². The van der Waals surface area contributed by atoms with Gasteiger partial charge in [-0.3, -0.25) is 4.79 Å². The lowest BCUT2D eigenvalue weighted by molar-refractivity contribution is -0.139. The minimum absolute atomic E-state index is 0.0607. The number of carboxylic acids is 1. The third-order valence-corrected chi connectivity index (χ3v) is 6.66. The van der Waals surface area contributed by atoms with Gasteiger partial charge in [0.2, 0.25) is 0 Å². The molecule has 23 heavy (non-hydrogen) atoms. The van der Waals surface area contributed by atoms with Crippen LogP contribution in [0.25, 0.3) is 0 Å². The van der Waals surface area contributed by atoms with Gasteiger partial charge in [0.25, 0.3) is 0 Å². The summed E-state index contributed by atoms with van der Waals surface area (Å²) >= 11 is 5.93. The summed E-state index contributed by atoms with van der Waals surface area (Å²) in [6.45, 7) is 0. The van der Waals surface area contributed by atoms with Crippen LogP contribution in [0, 0.1) is 0 Å². The lowest BCUT2D eigenvalue weighted by Crippen LogP contribution is -2.39. The molecule has 0 aliphatic heterocycles. The van der Waals surface area contributed by atoms with Crippen molar-refractivity contribution in [1.29, 1.82) is 0 Å². The van der Waals surface area contributed by atoms with Crippen molar-refractivity contribution in [3.8, 4) is 0 Å². The highest BCUT2D eigenvalue weighted by atomic mass is 35.5. The molecule has 3 N–H and O–H groups in total. The number of sulfone groups is 1. The largest absolute Gasteiger partial charge is 0.480 e. The molecular formula is C16H14ClNO4S. The minimum Gasteiger partial charge on any atom is -0.480 e. The molecular weight excluding hydrogens is 338 g/mol. The van der Waals surface area contributed by atoms with Crippen LogP contribution < -0.4 is 5.73 Å². The summed E-state index contributed by atoms with van der Waals surface area (Å²) in [7, 11) is -3.88. The number of hydrogen-bond donors (Lipinski definition) is 2. The molecule has 0 amide bonds. The highest BCUT2D eigenvalue weighted by Gasteiger charge is 2.74. The minimum atomic E-state index is -3.88. The van der Waals surface area contributed by atoms with Crippen molar-refractivity contribution in [3.63, 3.8) is 0 Å². The van der Waals surface area contributed by atoms with E-state index in [1.165, 1.54) is 12.1 Å². The second kappa shape index (κ2) is 5.33. The fourth-order valence-corrected chi connectivity index (χ4v) is 5.42. The second-order valence-electron chi connectivity index (χ2n) is 5.55. The van der Waals surface area contributed by atoms with Gasteiger partial charge >= 0.3 is 5.97 Å². The molecule has 2 aromatic rings. The molecule has 1 fully saturated rings. The molecule has 0 radical (unpaired) electrons. The smallest absolute Gasteiger partial charge is 0.325 e. The van der Waals surface area contributed by atoms with Crippen molar-refractivity contribution < 1.29 is 18.3 Å². The van der Waals surface area contributed by atoms with E-state index < -0.39 is 32.5 Å². The van der Waals surface area contributed by atoms with Gasteiger partial charge in [0, 0.05) is 10.9 Å². The third kappa shape index (κ3) is 2.43. The van der Waals surface area contributed by atoms with Crippen LogP contribution in [0.15, 0.2) is 59.5 Å². The molecule has 0 spiro atoms. The predicted molar refractivity (Wildman–Crippen MR) is 86.2 cm³/mol. The van der Waals surface area contributed by atoms with E-state index in [1.807, 2.05) is 0 Å². The molecule has 7 heteroatoms. The van der Waals surface area contributed by atoms with E-state index >= 15 is 0 Å². The fraction of sp³-hybridized carbons (Fsp3) is 0.188. The summed E-state index contributed by atoms with van der Waals surface area (Å²) in [5.41, 5.74) is 4.61. The normalized spacial score (nSPS) is 26.7. The maximum absolute atomic E-state index is 12.8. The maximum atomic E-state index is 12.8. The van der Waals surface area contributed by atoms with Gasteiger partial charge in [-0.1, -0.05) is 41.9 Å². The molecule has 0 saturated heterocycles. The average molecular weight is 352 g/mol. The number of carboxylic acid groups (broad SMARTS) is 1. The quantitative estimate of drug-likeness (QED) is 0.878. The Morgan fingerprint density at radius 3 is 2.35 bits per heavy atom. The number of halogens is 1. The van der Waals surface area contributed by atoms with Gasteiger partial charge in [0.1, 0.15) is 10.8 Å². The monoisotopic (exact) mass is 351 g/mol. The van der Waals surface area contributed by atoms with Crippen molar-refractivity contribution in [3.05, 3.63) is 65.2 Å². The van der Waals surface area contributed by atoms with Crippen molar-refractivity contribution in [2.24, 2.45) is 5.73 Å². The van der Waals surface area contributed by atoms with Gasteiger partial charge in [-0.05, 0) is 29.8 Å². The van der Waals surface area contributed by atoms with Crippen LogP contribution in [-0.4, -0.2) is 30.3 Å². The predicted octanol–water partition coefficient (Wildman–Crippen LogP) is 2.06. The Labute approximate surface area is 138 Å². The molecule has 1 saturated carbocycles. The molecule has 0 heterocycles. The Morgan fingerprint density at radius 1 is 1.13 bits per heavy atom. The zero-order valence-electron chi connectivity index (χ0n) is 11.9. The van der Waals surface area contributed by atoms with Crippen LogP contribution in [0.2, 0.25) is 5.02 Å². The van der Waals surface area contributed by atoms with E-state index in [4.69, 9.17) is 17.3 Å². The molecule has 0 bridgehead atoms. The summed E-state index contributed by atoms with van der Waals surface area (Å²) in [6, 6.07) is 14.2. The van der Waals surface area contributed by atoms with E-state index in [9.17, 15) is 18.3 Å². The zero-order chi connectivity index (χ0) is 16.8. The maximum Gasteiger partial charge on any atom is 0.325 e. The highest BCUT2D eigenvalue weighted by Crippen LogP contribution is 2.56. The Morgan fingerprint density at radius 2 is 1.78 bits per heavy atom. The van der Waals surface area contributed by atoms with Crippen LogP contribution >= 0.6 is 11.6 Å². The molecule has 1 aliphatic carbocycles. The fourth-order valence-electron chi connectivity index (χ4n) is 2.97. The van der Waals surface area contributed by atoms with Gasteiger partial charge in [-0.15, -0.1) is 0 Å². The third-order valence-electron chi connectivity index (χ3n) is 4.16.